The van der Waals surface area contributed by atoms with Crippen molar-refractivity contribution in [3.63, 3.8) is 0 Å². The molecule has 3 heteroatoms. The fraction of sp³-hybridized carbons (Fsp3) is 0.600. The fourth-order valence-electron chi connectivity index (χ4n) is 2.47. The van der Waals surface area contributed by atoms with Crippen molar-refractivity contribution < 1.29 is 0 Å². The van der Waals surface area contributed by atoms with Gasteiger partial charge in [0.05, 0.1) is 0 Å². The molecule has 0 bridgehead atoms. The molecule has 0 amide bonds. The molecule has 1 aromatic carbocycles. The van der Waals surface area contributed by atoms with E-state index in [0.717, 1.165) is 26.1 Å². The first-order valence-electron chi connectivity index (χ1n) is 6.81. The molecule has 0 aromatic heterocycles. The number of piperazine rings is 1. The average Bonchev–Trinajstić information content (AvgIpc) is 2.39. The monoisotopic (exact) mass is 247 g/mol. The first-order valence-corrected chi connectivity index (χ1v) is 6.81. The highest BCUT2D eigenvalue weighted by Gasteiger charge is 2.28. The third-order valence-electron chi connectivity index (χ3n) is 3.96. The summed E-state index contributed by atoms with van der Waals surface area (Å²) in [6.07, 6.45) is 1.16. The number of benzene rings is 1. The Morgan fingerprint density at radius 3 is 2.83 bits per heavy atom. The van der Waals surface area contributed by atoms with Crippen LogP contribution >= 0.6 is 0 Å². The highest BCUT2D eigenvalue weighted by atomic mass is 15.2. The summed E-state index contributed by atoms with van der Waals surface area (Å²) in [5, 5.41) is 3.63. The van der Waals surface area contributed by atoms with Crippen LogP contribution in [0, 0.1) is 0 Å². The molecule has 1 heterocycles. The molecule has 0 saturated carbocycles. The average molecular weight is 247 g/mol. The second kappa shape index (κ2) is 5.19. The molecule has 1 aliphatic rings. The molecule has 100 valence electrons. The van der Waals surface area contributed by atoms with Gasteiger partial charge in [0.25, 0.3) is 0 Å². The Morgan fingerprint density at radius 2 is 2.17 bits per heavy atom. The summed E-state index contributed by atoms with van der Waals surface area (Å²) in [6.45, 7) is 7.81. The van der Waals surface area contributed by atoms with Gasteiger partial charge >= 0.3 is 0 Å². The number of hydrogen-bond acceptors (Lipinski definition) is 3. The van der Waals surface area contributed by atoms with E-state index in [0.29, 0.717) is 0 Å². The Labute approximate surface area is 111 Å². The third kappa shape index (κ3) is 2.78. The summed E-state index contributed by atoms with van der Waals surface area (Å²) >= 11 is 0. The molecule has 1 aliphatic heterocycles. The lowest BCUT2D eigenvalue weighted by atomic mass is 9.95. The van der Waals surface area contributed by atoms with Gasteiger partial charge in [-0.15, -0.1) is 0 Å². The SMILES string of the molecule is CCC1(C)CN(c2cccc(N(C)C)c2)CCN1. The standard InChI is InChI=1S/C15H25N3/c1-5-15(2)12-18(10-9-16-15)14-8-6-7-13(11-14)17(3)4/h6-8,11,16H,5,9-10,12H2,1-4H3. The number of anilines is 2. The molecule has 3 nitrogen and oxygen atoms in total. The van der Waals surface area contributed by atoms with Crippen molar-refractivity contribution in [2.24, 2.45) is 0 Å². The molecule has 0 radical (unpaired) electrons. The maximum absolute atomic E-state index is 3.63. The van der Waals surface area contributed by atoms with Gasteiger partial charge in [0, 0.05) is 50.6 Å². The van der Waals surface area contributed by atoms with Gasteiger partial charge in [-0.2, -0.15) is 0 Å². The zero-order valence-electron chi connectivity index (χ0n) is 12.0. The van der Waals surface area contributed by atoms with Crippen LogP contribution < -0.4 is 15.1 Å². The van der Waals surface area contributed by atoms with Crippen LogP contribution in [0.15, 0.2) is 24.3 Å². The minimum absolute atomic E-state index is 0.242. The van der Waals surface area contributed by atoms with Crippen LogP contribution in [0.2, 0.25) is 0 Å². The van der Waals surface area contributed by atoms with Crippen LogP contribution in [0.5, 0.6) is 0 Å². The van der Waals surface area contributed by atoms with Gasteiger partial charge in [-0.1, -0.05) is 13.0 Å². The summed E-state index contributed by atoms with van der Waals surface area (Å²) in [7, 11) is 4.18. The Hall–Kier alpha value is -1.22. The predicted molar refractivity (Wildman–Crippen MR) is 79.7 cm³/mol. The second-order valence-electron chi connectivity index (χ2n) is 5.68. The molecular formula is C15H25N3. The largest absolute Gasteiger partial charge is 0.378 e. The van der Waals surface area contributed by atoms with Crippen molar-refractivity contribution in [3.05, 3.63) is 24.3 Å². The lowest BCUT2D eigenvalue weighted by Crippen LogP contribution is -2.58. The molecule has 1 saturated heterocycles. The Kier molecular flexibility index (Phi) is 3.81. The molecule has 0 spiro atoms. The van der Waals surface area contributed by atoms with E-state index in [1.54, 1.807) is 0 Å². The zero-order valence-corrected chi connectivity index (χ0v) is 12.0. The van der Waals surface area contributed by atoms with E-state index in [1.807, 2.05) is 0 Å². The van der Waals surface area contributed by atoms with Crippen molar-refractivity contribution in [2.45, 2.75) is 25.8 Å². The van der Waals surface area contributed by atoms with Gasteiger partial charge in [-0.3, -0.25) is 0 Å². The van der Waals surface area contributed by atoms with Crippen LogP contribution in [-0.4, -0.2) is 39.3 Å². The highest BCUT2D eigenvalue weighted by molar-refractivity contribution is 5.59. The van der Waals surface area contributed by atoms with Crippen molar-refractivity contribution >= 4 is 11.4 Å². The molecule has 2 rings (SSSR count). The molecule has 0 aliphatic carbocycles. The van der Waals surface area contributed by atoms with Gasteiger partial charge in [0.15, 0.2) is 0 Å². The molecule has 1 fully saturated rings. The van der Waals surface area contributed by atoms with Gasteiger partial charge in [0.2, 0.25) is 0 Å². The zero-order chi connectivity index (χ0) is 13.2. The van der Waals surface area contributed by atoms with Crippen molar-refractivity contribution in [3.8, 4) is 0 Å². The number of nitrogens with zero attached hydrogens (tertiary/aromatic N) is 2. The van der Waals surface area contributed by atoms with E-state index in [2.05, 4.69) is 67.3 Å². The molecular weight excluding hydrogens is 222 g/mol. The molecule has 1 aromatic rings. The number of rotatable bonds is 3. The Balaban J connectivity index is 2.18. The fourth-order valence-corrected chi connectivity index (χ4v) is 2.47. The minimum atomic E-state index is 0.242. The number of nitrogens with one attached hydrogen (secondary N) is 1. The van der Waals surface area contributed by atoms with Crippen LogP contribution in [0.25, 0.3) is 0 Å². The second-order valence-corrected chi connectivity index (χ2v) is 5.68. The maximum Gasteiger partial charge on any atom is 0.0388 e. The minimum Gasteiger partial charge on any atom is -0.378 e. The van der Waals surface area contributed by atoms with Crippen LogP contribution in [0.3, 0.4) is 0 Å². The first kappa shape index (κ1) is 13.2. The number of hydrogen-bond donors (Lipinski definition) is 1. The van der Waals surface area contributed by atoms with Crippen molar-refractivity contribution in [1.29, 1.82) is 0 Å². The van der Waals surface area contributed by atoms with E-state index < -0.39 is 0 Å². The molecule has 1 atom stereocenters. The quantitative estimate of drug-likeness (QED) is 0.884. The van der Waals surface area contributed by atoms with Gasteiger partial charge in [0.1, 0.15) is 0 Å². The van der Waals surface area contributed by atoms with E-state index >= 15 is 0 Å². The van der Waals surface area contributed by atoms with Crippen LogP contribution in [0.1, 0.15) is 20.3 Å². The Morgan fingerprint density at radius 1 is 1.39 bits per heavy atom. The summed E-state index contributed by atoms with van der Waals surface area (Å²) in [4.78, 5) is 4.65. The predicted octanol–water partition coefficient (Wildman–Crippen LogP) is 2.33. The van der Waals surface area contributed by atoms with Gasteiger partial charge in [-0.05, 0) is 31.5 Å². The molecule has 1 N–H and O–H groups in total. The maximum atomic E-state index is 3.63. The van der Waals surface area contributed by atoms with Gasteiger partial charge < -0.3 is 15.1 Å². The van der Waals surface area contributed by atoms with Crippen molar-refractivity contribution in [1.82, 2.24) is 5.32 Å². The first-order chi connectivity index (χ1) is 8.54. The van der Waals surface area contributed by atoms with Crippen LogP contribution in [0.4, 0.5) is 11.4 Å². The smallest absolute Gasteiger partial charge is 0.0388 e. The summed E-state index contributed by atoms with van der Waals surface area (Å²) < 4.78 is 0. The van der Waals surface area contributed by atoms with Crippen LogP contribution in [-0.2, 0) is 0 Å². The van der Waals surface area contributed by atoms with E-state index in [1.165, 1.54) is 11.4 Å². The normalized spacial score (nSPS) is 24.1. The highest BCUT2D eigenvalue weighted by Crippen LogP contribution is 2.25. The molecule has 1 unspecified atom stereocenters. The van der Waals surface area contributed by atoms with E-state index in [9.17, 15) is 0 Å². The molecule has 18 heavy (non-hydrogen) atoms. The summed E-state index contributed by atoms with van der Waals surface area (Å²) in [6, 6.07) is 8.80. The summed E-state index contributed by atoms with van der Waals surface area (Å²) in [5.41, 5.74) is 2.85. The Bertz CT molecular complexity index is 402. The lowest BCUT2D eigenvalue weighted by Gasteiger charge is -2.42. The lowest BCUT2D eigenvalue weighted by molar-refractivity contribution is 0.314. The van der Waals surface area contributed by atoms with Crippen molar-refractivity contribution in [2.75, 3.05) is 43.5 Å². The third-order valence-corrected chi connectivity index (χ3v) is 3.96. The van der Waals surface area contributed by atoms with Gasteiger partial charge in [-0.25, -0.2) is 0 Å². The van der Waals surface area contributed by atoms with E-state index in [4.69, 9.17) is 0 Å². The van der Waals surface area contributed by atoms with E-state index in [-0.39, 0.29) is 5.54 Å². The topological polar surface area (TPSA) is 18.5 Å². The summed E-state index contributed by atoms with van der Waals surface area (Å²) in [5.74, 6) is 0.